The number of carbonyl (C=O) groups is 1. The van der Waals surface area contributed by atoms with E-state index >= 15 is 0 Å². The molecule has 1 aromatic carbocycles. The number of carbonyl (C=O) groups excluding carboxylic acids is 1. The molecule has 3 heteroatoms. The van der Waals surface area contributed by atoms with Crippen molar-refractivity contribution < 1.29 is 4.79 Å². The number of nitrogens with one attached hydrogen (secondary N) is 1. The summed E-state index contributed by atoms with van der Waals surface area (Å²) in [4.78, 5) is 12.2. The third kappa shape index (κ3) is 3.49. The minimum atomic E-state index is -0.00194. The second-order valence-corrected chi connectivity index (χ2v) is 5.39. The van der Waals surface area contributed by atoms with Gasteiger partial charge in [0.05, 0.1) is 0 Å². The van der Waals surface area contributed by atoms with Gasteiger partial charge in [0.1, 0.15) is 0 Å². The molecule has 1 aliphatic rings. The highest BCUT2D eigenvalue weighted by molar-refractivity contribution is 5.95. The molecule has 0 aromatic heterocycles. The molecule has 1 aliphatic carbocycles. The van der Waals surface area contributed by atoms with Crippen LogP contribution in [0, 0.1) is 12.8 Å². The highest BCUT2D eigenvalue weighted by atomic mass is 16.1. The lowest BCUT2D eigenvalue weighted by molar-refractivity contribution is 0.0932. The number of amides is 1. The van der Waals surface area contributed by atoms with E-state index in [1.54, 1.807) is 6.07 Å². The first-order valence-corrected chi connectivity index (χ1v) is 6.76. The first-order valence-electron chi connectivity index (χ1n) is 6.76. The minimum absolute atomic E-state index is 0.00194. The maximum absolute atomic E-state index is 12.2. The van der Waals surface area contributed by atoms with E-state index in [-0.39, 0.29) is 5.91 Å². The van der Waals surface area contributed by atoms with Crippen LogP contribution in [0.4, 0.5) is 5.69 Å². The van der Waals surface area contributed by atoms with Crippen molar-refractivity contribution in [3.8, 4) is 0 Å². The predicted octanol–water partition coefficient (Wildman–Crippen LogP) is 2.89. The molecule has 1 fully saturated rings. The topological polar surface area (TPSA) is 55.1 Å². The first kappa shape index (κ1) is 12.9. The van der Waals surface area contributed by atoms with Gasteiger partial charge >= 0.3 is 0 Å². The van der Waals surface area contributed by atoms with Crippen LogP contribution in [0.5, 0.6) is 0 Å². The fourth-order valence-corrected chi connectivity index (χ4v) is 2.30. The number of nitrogen functional groups attached to an aromatic ring is 1. The van der Waals surface area contributed by atoms with Crippen molar-refractivity contribution in [2.45, 2.75) is 45.6 Å². The van der Waals surface area contributed by atoms with Crippen molar-refractivity contribution in [1.82, 2.24) is 5.32 Å². The van der Waals surface area contributed by atoms with Gasteiger partial charge in [-0.05, 0) is 49.4 Å². The Bertz CT molecular complexity index is 418. The quantitative estimate of drug-likeness (QED) is 0.785. The molecule has 3 N–H and O–H groups in total. The fourth-order valence-electron chi connectivity index (χ4n) is 2.30. The smallest absolute Gasteiger partial charge is 0.251 e. The number of rotatable bonds is 5. The number of nitrogens with two attached hydrogens (primary N) is 1. The van der Waals surface area contributed by atoms with Gasteiger partial charge in [-0.15, -0.1) is 0 Å². The monoisotopic (exact) mass is 246 g/mol. The van der Waals surface area contributed by atoms with Gasteiger partial charge in [0, 0.05) is 17.3 Å². The fraction of sp³-hybridized carbons (Fsp3) is 0.533. The average Bonchev–Trinajstić information content (AvgIpc) is 3.10. The molecule has 1 saturated carbocycles. The van der Waals surface area contributed by atoms with Crippen LogP contribution in [-0.4, -0.2) is 11.9 Å². The van der Waals surface area contributed by atoms with E-state index in [1.165, 1.54) is 12.8 Å². The molecule has 1 unspecified atom stereocenters. The molecule has 3 nitrogen and oxygen atoms in total. The predicted molar refractivity (Wildman–Crippen MR) is 74.5 cm³/mol. The molecule has 0 aliphatic heterocycles. The molecule has 98 valence electrons. The molecular weight excluding hydrogens is 224 g/mol. The van der Waals surface area contributed by atoms with Crippen LogP contribution in [0.3, 0.4) is 0 Å². The zero-order valence-electron chi connectivity index (χ0n) is 11.2. The average molecular weight is 246 g/mol. The largest absolute Gasteiger partial charge is 0.399 e. The molecule has 2 rings (SSSR count). The minimum Gasteiger partial charge on any atom is -0.399 e. The van der Waals surface area contributed by atoms with Gasteiger partial charge in [0.15, 0.2) is 0 Å². The summed E-state index contributed by atoms with van der Waals surface area (Å²) in [6.45, 7) is 4.08. The normalized spacial score (nSPS) is 16.3. The Morgan fingerprint density at radius 2 is 2.17 bits per heavy atom. The molecule has 0 radical (unpaired) electrons. The molecule has 0 saturated heterocycles. The van der Waals surface area contributed by atoms with E-state index < -0.39 is 0 Å². The summed E-state index contributed by atoms with van der Waals surface area (Å²) in [5.41, 5.74) is 8.11. The van der Waals surface area contributed by atoms with Crippen LogP contribution in [0.15, 0.2) is 18.2 Å². The van der Waals surface area contributed by atoms with Crippen molar-refractivity contribution in [2.24, 2.45) is 5.92 Å². The third-order valence-corrected chi connectivity index (χ3v) is 3.50. The summed E-state index contributed by atoms with van der Waals surface area (Å²) in [6, 6.07) is 5.80. The summed E-state index contributed by atoms with van der Waals surface area (Å²) >= 11 is 0. The van der Waals surface area contributed by atoms with Gasteiger partial charge in [-0.25, -0.2) is 0 Å². The van der Waals surface area contributed by atoms with Gasteiger partial charge in [-0.3, -0.25) is 4.79 Å². The van der Waals surface area contributed by atoms with Crippen molar-refractivity contribution in [3.05, 3.63) is 29.3 Å². The standard InChI is InChI=1S/C15H22N2O/c1-3-14(8-11-4-5-11)17-15(18)12-6-10(2)7-13(16)9-12/h6-7,9,11,14H,3-5,8,16H2,1-2H3,(H,17,18). The Balaban J connectivity index is 2.00. The Morgan fingerprint density at radius 1 is 1.44 bits per heavy atom. The van der Waals surface area contributed by atoms with Crippen molar-refractivity contribution >= 4 is 11.6 Å². The maximum Gasteiger partial charge on any atom is 0.251 e. The Kier molecular flexibility index (Phi) is 3.90. The second kappa shape index (κ2) is 5.42. The number of anilines is 1. The lowest BCUT2D eigenvalue weighted by atomic mass is 10.1. The molecule has 1 amide bonds. The SMILES string of the molecule is CCC(CC1CC1)NC(=O)c1cc(C)cc(N)c1. The Morgan fingerprint density at radius 3 is 2.72 bits per heavy atom. The highest BCUT2D eigenvalue weighted by Gasteiger charge is 2.25. The summed E-state index contributed by atoms with van der Waals surface area (Å²) in [5, 5.41) is 3.11. The van der Waals surface area contributed by atoms with E-state index in [2.05, 4.69) is 12.2 Å². The summed E-state index contributed by atoms with van der Waals surface area (Å²) in [7, 11) is 0. The summed E-state index contributed by atoms with van der Waals surface area (Å²) in [5.74, 6) is 0.829. The van der Waals surface area contributed by atoms with Crippen LogP contribution in [0.1, 0.15) is 48.5 Å². The van der Waals surface area contributed by atoms with Crippen LogP contribution in [0.25, 0.3) is 0 Å². The molecule has 0 spiro atoms. The zero-order chi connectivity index (χ0) is 13.1. The Labute approximate surface area is 109 Å². The highest BCUT2D eigenvalue weighted by Crippen LogP contribution is 2.34. The van der Waals surface area contributed by atoms with Gasteiger partial charge in [-0.1, -0.05) is 19.8 Å². The first-order chi connectivity index (χ1) is 8.58. The molecule has 0 heterocycles. The van der Waals surface area contributed by atoms with E-state index in [1.807, 2.05) is 19.1 Å². The van der Waals surface area contributed by atoms with Crippen molar-refractivity contribution in [3.63, 3.8) is 0 Å². The number of hydrogen-bond donors (Lipinski definition) is 2. The summed E-state index contributed by atoms with van der Waals surface area (Å²) in [6.07, 6.45) is 4.75. The second-order valence-electron chi connectivity index (χ2n) is 5.39. The Hall–Kier alpha value is -1.51. The lowest BCUT2D eigenvalue weighted by Gasteiger charge is -2.17. The van der Waals surface area contributed by atoms with Gasteiger partial charge < -0.3 is 11.1 Å². The van der Waals surface area contributed by atoms with Crippen molar-refractivity contribution in [1.29, 1.82) is 0 Å². The van der Waals surface area contributed by atoms with Crippen LogP contribution in [0.2, 0.25) is 0 Å². The van der Waals surface area contributed by atoms with Gasteiger partial charge in [0.25, 0.3) is 5.91 Å². The molecule has 1 atom stereocenters. The van der Waals surface area contributed by atoms with E-state index in [4.69, 9.17) is 5.73 Å². The van der Waals surface area contributed by atoms with E-state index in [0.717, 1.165) is 24.3 Å². The van der Waals surface area contributed by atoms with E-state index in [0.29, 0.717) is 17.3 Å². The zero-order valence-corrected chi connectivity index (χ0v) is 11.2. The summed E-state index contributed by atoms with van der Waals surface area (Å²) < 4.78 is 0. The van der Waals surface area contributed by atoms with Crippen molar-refractivity contribution in [2.75, 3.05) is 5.73 Å². The lowest BCUT2D eigenvalue weighted by Crippen LogP contribution is -2.34. The van der Waals surface area contributed by atoms with Gasteiger partial charge in [0.2, 0.25) is 0 Å². The molecular formula is C15H22N2O. The van der Waals surface area contributed by atoms with E-state index in [9.17, 15) is 4.79 Å². The molecule has 1 aromatic rings. The number of benzene rings is 1. The van der Waals surface area contributed by atoms with Crippen LogP contribution < -0.4 is 11.1 Å². The van der Waals surface area contributed by atoms with Crippen LogP contribution >= 0.6 is 0 Å². The molecule has 0 bridgehead atoms. The number of hydrogen-bond acceptors (Lipinski definition) is 2. The maximum atomic E-state index is 12.2. The molecule has 18 heavy (non-hydrogen) atoms. The van der Waals surface area contributed by atoms with Crippen LogP contribution in [-0.2, 0) is 0 Å². The van der Waals surface area contributed by atoms with Gasteiger partial charge in [-0.2, -0.15) is 0 Å². The third-order valence-electron chi connectivity index (χ3n) is 3.50. The number of aryl methyl sites for hydroxylation is 1.